The van der Waals surface area contributed by atoms with Crippen LogP contribution in [0.5, 0.6) is 11.5 Å². The molecule has 0 radical (unpaired) electrons. The molecule has 1 rings (SSSR count). The molecule has 5 nitrogen and oxygen atoms in total. The van der Waals surface area contributed by atoms with Crippen molar-refractivity contribution in [2.75, 3.05) is 13.2 Å². The number of ether oxygens (including phenoxy) is 2. The van der Waals surface area contributed by atoms with E-state index in [0.717, 1.165) is 0 Å². The van der Waals surface area contributed by atoms with Gasteiger partial charge in [0.15, 0.2) is 11.5 Å². The van der Waals surface area contributed by atoms with E-state index >= 15 is 0 Å². The summed E-state index contributed by atoms with van der Waals surface area (Å²) in [5, 5.41) is 4.12. The zero-order valence-corrected chi connectivity index (χ0v) is 12.0. The van der Waals surface area contributed by atoms with Gasteiger partial charge in [-0.05, 0) is 24.6 Å². The second-order valence-corrected chi connectivity index (χ2v) is 4.09. The number of carbonyl (C=O) groups excluding carboxylic acids is 1. The van der Waals surface area contributed by atoms with Crippen molar-refractivity contribution in [3.8, 4) is 23.8 Å². The van der Waals surface area contributed by atoms with Crippen LogP contribution in [0.4, 0.5) is 0 Å². The SMILES string of the molecule is C#CCOc1c(Cl)cc(/C=N\NC(C)=O)cc1OCC. The van der Waals surface area contributed by atoms with Crippen LogP contribution in [0.25, 0.3) is 0 Å². The Morgan fingerprint density at radius 1 is 1.55 bits per heavy atom. The van der Waals surface area contributed by atoms with Gasteiger partial charge in [0.2, 0.25) is 5.91 Å². The molecule has 1 aromatic rings. The fourth-order valence-electron chi connectivity index (χ4n) is 1.38. The molecule has 1 aromatic carbocycles. The van der Waals surface area contributed by atoms with Crippen molar-refractivity contribution in [1.82, 2.24) is 5.43 Å². The van der Waals surface area contributed by atoms with Crippen molar-refractivity contribution < 1.29 is 14.3 Å². The van der Waals surface area contributed by atoms with Crippen LogP contribution in [0.1, 0.15) is 19.4 Å². The Bertz CT molecular complexity index is 550. The number of hydrogen-bond acceptors (Lipinski definition) is 4. The van der Waals surface area contributed by atoms with Gasteiger partial charge in [-0.3, -0.25) is 4.79 Å². The van der Waals surface area contributed by atoms with Gasteiger partial charge in [0.05, 0.1) is 17.8 Å². The van der Waals surface area contributed by atoms with E-state index in [0.29, 0.717) is 28.7 Å². The summed E-state index contributed by atoms with van der Waals surface area (Å²) in [7, 11) is 0. The number of hydrazone groups is 1. The molecule has 0 aliphatic carbocycles. The summed E-state index contributed by atoms with van der Waals surface area (Å²) in [5.74, 6) is 2.97. The summed E-state index contributed by atoms with van der Waals surface area (Å²) in [6.07, 6.45) is 6.61. The zero-order chi connectivity index (χ0) is 15.0. The highest BCUT2D eigenvalue weighted by Gasteiger charge is 2.11. The van der Waals surface area contributed by atoms with Crippen LogP contribution in [0.2, 0.25) is 5.02 Å². The van der Waals surface area contributed by atoms with Crippen LogP contribution in [0.15, 0.2) is 17.2 Å². The molecule has 0 atom stereocenters. The maximum absolute atomic E-state index is 10.7. The largest absolute Gasteiger partial charge is 0.490 e. The van der Waals surface area contributed by atoms with Crippen molar-refractivity contribution in [3.63, 3.8) is 0 Å². The first-order valence-corrected chi connectivity index (χ1v) is 6.28. The Balaban J connectivity index is 3.03. The number of carbonyl (C=O) groups is 1. The lowest BCUT2D eigenvalue weighted by Crippen LogP contribution is -2.12. The Labute approximate surface area is 122 Å². The van der Waals surface area contributed by atoms with E-state index in [1.54, 1.807) is 12.1 Å². The average Bonchev–Trinajstić information content (AvgIpc) is 2.38. The van der Waals surface area contributed by atoms with Crippen molar-refractivity contribution in [1.29, 1.82) is 0 Å². The molecule has 0 aliphatic heterocycles. The number of terminal acetylenes is 1. The number of nitrogens with zero attached hydrogens (tertiary/aromatic N) is 1. The molecule has 0 saturated heterocycles. The molecular weight excluding hydrogens is 280 g/mol. The molecule has 1 amide bonds. The standard InChI is InChI=1S/C14H15ClN2O3/c1-4-6-20-14-12(15)7-11(8-13(14)19-5-2)9-16-17-10(3)18/h1,7-9H,5-6H2,2-3H3,(H,17,18)/b16-9-. The smallest absolute Gasteiger partial charge is 0.236 e. The minimum Gasteiger partial charge on any atom is -0.490 e. The van der Waals surface area contributed by atoms with Crippen molar-refractivity contribution >= 4 is 23.7 Å². The molecule has 0 bridgehead atoms. The van der Waals surface area contributed by atoms with E-state index in [-0.39, 0.29) is 12.5 Å². The third-order valence-electron chi connectivity index (χ3n) is 2.07. The van der Waals surface area contributed by atoms with Gasteiger partial charge in [0.1, 0.15) is 6.61 Å². The number of benzene rings is 1. The fourth-order valence-corrected chi connectivity index (χ4v) is 1.65. The predicted octanol–water partition coefficient (Wildman–Crippen LogP) is 2.22. The maximum Gasteiger partial charge on any atom is 0.236 e. The zero-order valence-electron chi connectivity index (χ0n) is 11.3. The van der Waals surface area contributed by atoms with Crippen LogP contribution in [0, 0.1) is 12.3 Å². The highest BCUT2D eigenvalue weighted by Crippen LogP contribution is 2.36. The molecule has 0 heterocycles. The van der Waals surface area contributed by atoms with Gasteiger partial charge >= 0.3 is 0 Å². The fraction of sp³-hybridized carbons (Fsp3) is 0.286. The van der Waals surface area contributed by atoms with Crippen LogP contribution in [-0.4, -0.2) is 25.3 Å². The Hall–Kier alpha value is -2.19. The topological polar surface area (TPSA) is 59.9 Å². The molecule has 0 saturated carbocycles. The molecule has 0 spiro atoms. The van der Waals surface area contributed by atoms with E-state index in [4.69, 9.17) is 27.5 Å². The second-order valence-electron chi connectivity index (χ2n) is 3.68. The van der Waals surface area contributed by atoms with Gasteiger partial charge in [-0.25, -0.2) is 5.43 Å². The number of halogens is 1. The normalized spacial score (nSPS) is 10.1. The van der Waals surface area contributed by atoms with Crippen LogP contribution >= 0.6 is 11.6 Å². The van der Waals surface area contributed by atoms with E-state index in [1.807, 2.05) is 6.92 Å². The summed E-state index contributed by atoms with van der Waals surface area (Å²) in [6, 6.07) is 3.34. The number of rotatable bonds is 6. The Kier molecular flexibility index (Phi) is 6.41. The Morgan fingerprint density at radius 3 is 2.90 bits per heavy atom. The molecule has 0 aromatic heterocycles. The summed E-state index contributed by atoms with van der Waals surface area (Å²) >= 11 is 6.12. The van der Waals surface area contributed by atoms with Crippen molar-refractivity contribution in [2.45, 2.75) is 13.8 Å². The average molecular weight is 295 g/mol. The van der Waals surface area contributed by atoms with Crippen LogP contribution in [0.3, 0.4) is 0 Å². The quantitative estimate of drug-likeness (QED) is 0.497. The monoisotopic (exact) mass is 294 g/mol. The summed E-state index contributed by atoms with van der Waals surface area (Å²) in [6.45, 7) is 3.76. The van der Waals surface area contributed by atoms with Crippen LogP contribution < -0.4 is 14.9 Å². The van der Waals surface area contributed by atoms with E-state index in [2.05, 4.69) is 16.4 Å². The maximum atomic E-state index is 10.7. The van der Waals surface area contributed by atoms with Crippen molar-refractivity contribution in [2.24, 2.45) is 5.10 Å². The van der Waals surface area contributed by atoms with Gasteiger partial charge < -0.3 is 9.47 Å². The number of nitrogens with one attached hydrogen (secondary N) is 1. The highest BCUT2D eigenvalue weighted by atomic mass is 35.5. The van der Waals surface area contributed by atoms with E-state index < -0.39 is 0 Å². The summed E-state index contributed by atoms with van der Waals surface area (Å²) in [4.78, 5) is 10.7. The molecule has 0 fully saturated rings. The second kappa shape index (κ2) is 8.08. The molecule has 106 valence electrons. The lowest BCUT2D eigenvalue weighted by molar-refractivity contribution is -0.118. The first-order valence-electron chi connectivity index (χ1n) is 5.90. The lowest BCUT2D eigenvalue weighted by atomic mass is 10.2. The van der Waals surface area contributed by atoms with Gasteiger partial charge in [-0.2, -0.15) is 5.10 Å². The van der Waals surface area contributed by atoms with E-state index in [1.165, 1.54) is 13.1 Å². The molecule has 1 N–H and O–H groups in total. The van der Waals surface area contributed by atoms with Gasteiger partial charge in [-0.15, -0.1) is 6.42 Å². The molecule has 6 heteroatoms. The van der Waals surface area contributed by atoms with Gasteiger partial charge in [0.25, 0.3) is 0 Å². The minimum absolute atomic E-state index is 0.0964. The van der Waals surface area contributed by atoms with Crippen LogP contribution in [-0.2, 0) is 4.79 Å². The van der Waals surface area contributed by atoms with E-state index in [9.17, 15) is 4.79 Å². The third kappa shape index (κ3) is 4.82. The van der Waals surface area contributed by atoms with Gasteiger partial charge in [-0.1, -0.05) is 17.5 Å². The lowest BCUT2D eigenvalue weighted by Gasteiger charge is -2.12. The van der Waals surface area contributed by atoms with Crippen molar-refractivity contribution in [3.05, 3.63) is 22.7 Å². The molecule has 0 aliphatic rings. The first-order chi connectivity index (χ1) is 9.58. The molecule has 0 unspecified atom stereocenters. The third-order valence-corrected chi connectivity index (χ3v) is 2.35. The first kappa shape index (κ1) is 15.9. The van der Waals surface area contributed by atoms with Gasteiger partial charge in [0, 0.05) is 6.92 Å². The number of hydrogen-bond donors (Lipinski definition) is 1. The number of amides is 1. The predicted molar refractivity (Wildman–Crippen MR) is 78.4 cm³/mol. The molecular formula is C14H15ClN2O3. The Morgan fingerprint density at radius 2 is 2.30 bits per heavy atom. The minimum atomic E-state index is -0.258. The molecule has 20 heavy (non-hydrogen) atoms. The highest BCUT2D eigenvalue weighted by molar-refractivity contribution is 6.32. The summed E-state index contributed by atoms with van der Waals surface area (Å²) in [5.41, 5.74) is 2.97. The summed E-state index contributed by atoms with van der Waals surface area (Å²) < 4.78 is 10.8.